The first-order valence-corrected chi connectivity index (χ1v) is 13.0. The number of amides is 1. The zero-order valence-electron chi connectivity index (χ0n) is 22.5. The molecule has 0 spiro atoms. The van der Waals surface area contributed by atoms with Crippen LogP contribution in [-0.2, 0) is 14.0 Å². The van der Waals surface area contributed by atoms with E-state index in [0.717, 1.165) is 16.7 Å². The number of carbonyl (C=O) groups is 1. The van der Waals surface area contributed by atoms with Gasteiger partial charge in [-0.25, -0.2) is 9.18 Å². The summed E-state index contributed by atoms with van der Waals surface area (Å²) in [7, 11) is -0.742. The summed E-state index contributed by atoms with van der Waals surface area (Å²) in [5, 5.41) is 2.83. The normalized spacial score (nSPS) is 17.7. The molecule has 0 radical (unpaired) electrons. The van der Waals surface area contributed by atoms with Crippen molar-refractivity contribution < 1.29 is 23.2 Å². The lowest BCUT2D eigenvalue weighted by molar-refractivity contribution is 0.00578. The van der Waals surface area contributed by atoms with Crippen LogP contribution >= 0.6 is 0 Å². The van der Waals surface area contributed by atoms with Crippen molar-refractivity contribution >= 4 is 19.3 Å². The Kier molecular flexibility index (Phi) is 6.93. The molecule has 1 aliphatic heterocycles. The van der Waals surface area contributed by atoms with Gasteiger partial charge in [-0.1, -0.05) is 66.2 Å². The third-order valence-corrected chi connectivity index (χ3v) is 7.83. The molecule has 38 heavy (non-hydrogen) atoms. The number of aryl methyl sites for hydroxylation is 1. The smallest absolute Gasteiger partial charge is 0.449 e. The number of fused-ring (bicyclic) bond motifs is 3. The van der Waals surface area contributed by atoms with E-state index in [9.17, 15) is 9.18 Å². The van der Waals surface area contributed by atoms with E-state index < -0.39 is 24.4 Å². The summed E-state index contributed by atoms with van der Waals surface area (Å²) in [5.74, 6) is -0.390. The molecule has 1 N–H and O–H groups in total. The Labute approximate surface area is 224 Å². The third kappa shape index (κ3) is 5.01. The van der Waals surface area contributed by atoms with E-state index in [1.165, 1.54) is 17.2 Å². The molecule has 5 nitrogen and oxygen atoms in total. The Balaban J connectivity index is 1.31. The topological polar surface area (TPSA) is 56.8 Å². The maximum Gasteiger partial charge on any atom is 0.492 e. The fraction of sp³-hybridized carbons (Fsp3) is 0.323. The molecule has 0 bridgehead atoms. The molecule has 7 heteroatoms. The highest BCUT2D eigenvalue weighted by Crippen LogP contribution is 2.44. The van der Waals surface area contributed by atoms with Gasteiger partial charge in [-0.05, 0) is 74.5 Å². The molecule has 0 aromatic heterocycles. The van der Waals surface area contributed by atoms with Crippen LogP contribution in [0.1, 0.15) is 55.9 Å². The standard InChI is InChI=1S/C31H33BFNO4/c1-20-14-15-28(33)21(16-20)17-22(32-37-30(2,3)31(4,5)38-32)18-34-29(35)36-19-27-25-12-8-6-10-23(25)24-11-7-9-13-26(24)27/h6-17,27H,18-19H2,1-5H3,(H,34,35). The lowest BCUT2D eigenvalue weighted by Gasteiger charge is -2.32. The lowest BCUT2D eigenvalue weighted by Crippen LogP contribution is -2.41. The minimum atomic E-state index is -0.742. The fourth-order valence-electron chi connectivity index (χ4n) is 4.99. The van der Waals surface area contributed by atoms with Crippen molar-refractivity contribution in [3.8, 4) is 11.1 Å². The third-order valence-electron chi connectivity index (χ3n) is 7.83. The van der Waals surface area contributed by atoms with Crippen molar-refractivity contribution in [2.75, 3.05) is 13.2 Å². The second-order valence-electron chi connectivity index (χ2n) is 11.0. The first-order chi connectivity index (χ1) is 18.1. The number of alkyl carbamates (subject to hydrolysis) is 1. The van der Waals surface area contributed by atoms with Crippen molar-refractivity contribution in [3.63, 3.8) is 0 Å². The fourth-order valence-corrected chi connectivity index (χ4v) is 4.99. The molecule has 1 aliphatic carbocycles. The van der Waals surface area contributed by atoms with Gasteiger partial charge >= 0.3 is 13.2 Å². The molecule has 5 rings (SSSR count). The van der Waals surface area contributed by atoms with Crippen molar-refractivity contribution in [1.29, 1.82) is 0 Å². The van der Waals surface area contributed by atoms with Crippen LogP contribution in [0.2, 0.25) is 0 Å². The first kappa shape index (κ1) is 26.2. The van der Waals surface area contributed by atoms with Crippen LogP contribution in [0.15, 0.2) is 72.2 Å². The van der Waals surface area contributed by atoms with Crippen molar-refractivity contribution in [1.82, 2.24) is 5.32 Å². The molecule has 1 heterocycles. The summed E-state index contributed by atoms with van der Waals surface area (Å²) >= 11 is 0. The van der Waals surface area contributed by atoms with Crippen LogP contribution in [0.25, 0.3) is 17.2 Å². The summed E-state index contributed by atoms with van der Waals surface area (Å²) in [4.78, 5) is 12.9. The highest BCUT2D eigenvalue weighted by Gasteiger charge is 2.52. The molecule has 196 valence electrons. The quantitative estimate of drug-likeness (QED) is 0.374. The van der Waals surface area contributed by atoms with Crippen molar-refractivity contribution in [2.45, 2.75) is 51.7 Å². The number of carbonyl (C=O) groups excluding carboxylic acids is 1. The first-order valence-electron chi connectivity index (χ1n) is 13.0. The summed E-state index contributed by atoms with van der Waals surface area (Å²) in [6.07, 6.45) is 1.13. The molecule has 1 amide bonds. The molecular formula is C31H33BFNO4. The van der Waals surface area contributed by atoms with Gasteiger partial charge in [-0.2, -0.15) is 0 Å². The van der Waals surface area contributed by atoms with Gasteiger partial charge in [0.05, 0.1) is 11.2 Å². The number of hydrogen-bond donors (Lipinski definition) is 1. The molecule has 0 atom stereocenters. The van der Waals surface area contributed by atoms with Crippen LogP contribution in [0.5, 0.6) is 0 Å². The van der Waals surface area contributed by atoms with Gasteiger partial charge in [-0.15, -0.1) is 0 Å². The summed E-state index contributed by atoms with van der Waals surface area (Å²) in [6.45, 7) is 10.0. The Morgan fingerprint density at radius 2 is 1.55 bits per heavy atom. The summed E-state index contributed by atoms with van der Waals surface area (Å²) < 4.78 is 32.7. The zero-order valence-corrected chi connectivity index (χ0v) is 22.5. The van der Waals surface area contributed by atoms with Crippen LogP contribution in [0.3, 0.4) is 0 Å². The van der Waals surface area contributed by atoms with E-state index in [2.05, 4.69) is 29.6 Å². The number of benzene rings is 3. The average molecular weight is 513 g/mol. The molecule has 2 aliphatic rings. The van der Waals surface area contributed by atoms with Crippen molar-refractivity contribution in [3.05, 3.63) is 100 Å². The van der Waals surface area contributed by atoms with Gasteiger partial charge in [-0.3, -0.25) is 0 Å². The maximum absolute atomic E-state index is 14.6. The predicted molar refractivity (Wildman–Crippen MR) is 148 cm³/mol. The highest BCUT2D eigenvalue weighted by molar-refractivity contribution is 6.56. The van der Waals surface area contributed by atoms with E-state index in [1.807, 2.05) is 58.9 Å². The number of nitrogens with one attached hydrogen (secondary N) is 1. The average Bonchev–Trinajstić information content (AvgIpc) is 3.31. The monoisotopic (exact) mass is 513 g/mol. The zero-order chi connectivity index (χ0) is 27.1. The van der Waals surface area contributed by atoms with Gasteiger partial charge in [0.2, 0.25) is 0 Å². The largest absolute Gasteiger partial charge is 0.492 e. The van der Waals surface area contributed by atoms with E-state index in [1.54, 1.807) is 18.2 Å². The second kappa shape index (κ2) is 10.0. The number of ether oxygens (including phenoxy) is 1. The van der Waals surface area contributed by atoms with E-state index in [0.29, 0.717) is 11.0 Å². The van der Waals surface area contributed by atoms with Crippen LogP contribution < -0.4 is 5.32 Å². The van der Waals surface area contributed by atoms with E-state index >= 15 is 0 Å². The van der Waals surface area contributed by atoms with Crippen molar-refractivity contribution in [2.24, 2.45) is 0 Å². The van der Waals surface area contributed by atoms with Gasteiger partial charge in [0.15, 0.2) is 0 Å². The highest BCUT2D eigenvalue weighted by atomic mass is 19.1. The lowest BCUT2D eigenvalue weighted by atomic mass is 9.77. The van der Waals surface area contributed by atoms with Gasteiger partial charge in [0.25, 0.3) is 0 Å². The molecular weight excluding hydrogens is 480 g/mol. The maximum atomic E-state index is 14.6. The minimum absolute atomic E-state index is 0.0346. The summed E-state index contributed by atoms with van der Waals surface area (Å²) in [5.41, 5.74) is 5.41. The molecule has 1 saturated heterocycles. The van der Waals surface area contributed by atoms with Gasteiger partial charge in [0, 0.05) is 18.0 Å². The summed E-state index contributed by atoms with van der Waals surface area (Å²) in [6, 6.07) is 21.3. The predicted octanol–water partition coefficient (Wildman–Crippen LogP) is 6.69. The minimum Gasteiger partial charge on any atom is -0.449 e. The Hall–Kier alpha value is -3.42. The number of halogens is 1. The molecule has 0 unspecified atom stereocenters. The van der Waals surface area contributed by atoms with E-state index in [4.69, 9.17) is 14.0 Å². The Morgan fingerprint density at radius 3 is 2.16 bits per heavy atom. The number of hydrogen-bond acceptors (Lipinski definition) is 4. The SMILES string of the molecule is Cc1ccc(F)c(C=C(CNC(=O)OCC2c3ccccc3-c3ccccc32)B2OC(C)(C)C(C)(C)O2)c1. The Bertz CT molecular complexity index is 1340. The Morgan fingerprint density at radius 1 is 0.974 bits per heavy atom. The second-order valence-corrected chi connectivity index (χ2v) is 11.0. The number of rotatable bonds is 6. The van der Waals surface area contributed by atoms with Gasteiger partial charge < -0.3 is 19.4 Å². The van der Waals surface area contributed by atoms with Crippen LogP contribution in [0.4, 0.5) is 9.18 Å². The van der Waals surface area contributed by atoms with Gasteiger partial charge in [0.1, 0.15) is 12.4 Å². The molecule has 3 aromatic rings. The molecule has 3 aromatic carbocycles. The van der Waals surface area contributed by atoms with Crippen LogP contribution in [0, 0.1) is 12.7 Å². The molecule has 1 fully saturated rings. The van der Waals surface area contributed by atoms with E-state index in [-0.39, 0.29) is 24.9 Å². The van der Waals surface area contributed by atoms with Crippen LogP contribution in [-0.4, -0.2) is 37.6 Å². The molecule has 0 saturated carbocycles.